The van der Waals surface area contributed by atoms with Crippen LogP contribution in [-0.2, 0) is 6.18 Å². The molecule has 4 aromatic rings. The SMILES string of the molecule is Cc1cccc(N2C(=S)N[C@@H](c3ccccn3)[C@H]2c2cccn2-c2cccc(C(F)(F)F)c2)c1. The van der Waals surface area contributed by atoms with E-state index in [9.17, 15) is 13.2 Å². The van der Waals surface area contributed by atoms with Crippen LogP contribution in [0.3, 0.4) is 0 Å². The fourth-order valence-corrected chi connectivity index (χ4v) is 4.76. The second kappa shape index (κ2) is 8.61. The van der Waals surface area contributed by atoms with Gasteiger partial charge in [0.2, 0.25) is 0 Å². The lowest BCUT2D eigenvalue weighted by Crippen LogP contribution is -2.30. The molecule has 1 N–H and O–H groups in total. The molecule has 0 unspecified atom stereocenters. The molecule has 2 aromatic carbocycles. The molecule has 4 nitrogen and oxygen atoms in total. The van der Waals surface area contributed by atoms with E-state index in [1.807, 2.05) is 66.4 Å². The molecule has 0 aliphatic carbocycles. The van der Waals surface area contributed by atoms with Gasteiger partial charge in [-0.05, 0) is 79.3 Å². The van der Waals surface area contributed by atoms with Crippen LogP contribution in [0.2, 0.25) is 0 Å². The lowest BCUT2D eigenvalue weighted by Gasteiger charge is -2.29. The molecule has 5 rings (SSSR count). The van der Waals surface area contributed by atoms with Crippen molar-refractivity contribution in [2.75, 3.05) is 4.90 Å². The summed E-state index contributed by atoms with van der Waals surface area (Å²) in [6.07, 6.45) is -0.932. The van der Waals surface area contributed by atoms with Gasteiger partial charge in [-0.3, -0.25) is 4.98 Å². The van der Waals surface area contributed by atoms with Crippen LogP contribution in [0.15, 0.2) is 91.3 Å². The van der Waals surface area contributed by atoms with Crippen molar-refractivity contribution in [3.05, 3.63) is 114 Å². The van der Waals surface area contributed by atoms with Gasteiger partial charge in [-0.1, -0.05) is 24.3 Å². The lowest BCUT2D eigenvalue weighted by molar-refractivity contribution is -0.137. The van der Waals surface area contributed by atoms with E-state index < -0.39 is 11.7 Å². The molecule has 1 saturated heterocycles. The first-order valence-electron chi connectivity index (χ1n) is 10.7. The van der Waals surface area contributed by atoms with Crippen molar-refractivity contribution in [3.8, 4) is 5.69 Å². The van der Waals surface area contributed by atoms with Crippen LogP contribution < -0.4 is 10.2 Å². The van der Waals surface area contributed by atoms with Crippen LogP contribution >= 0.6 is 12.2 Å². The summed E-state index contributed by atoms with van der Waals surface area (Å²) in [5.41, 5.74) is 3.30. The van der Waals surface area contributed by atoms with Crippen molar-refractivity contribution in [2.24, 2.45) is 0 Å². The highest BCUT2D eigenvalue weighted by atomic mass is 32.1. The zero-order valence-electron chi connectivity index (χ0n) is 18.2. The van der Waals surface area contributed by atoms with Crippen molar-refractivity contribution < 1.29 is 13.2 Å². The van der Waals surface area contributed by atoms with Crippen molar-refractivity contribution in [1.29, 1.82) is 0 Å². The first kappa shape index (κ1) is 22.2. The molecule has 0 amide bonds. The van der Waals surface area contributed by atoms with Gasteiger partial charge in [-0.15, -0.1) is 0 Å². The van der Waals surface area contributed by atoms with E-state index in [4.69, 9.17) is 12.2 Å². The second-order valence-electron chi connectivity index (χ2n) is 8.19. The molecule has 0 radical (unpaired) electrons. The minimum absolute atomic E-state index is 0.298. The van der Waals surface area contributed by atoms with Crippen LogP contribution in [0.5, 0.6) is 0 Å². The average Bonchev–Trinajstić information content (AvgIpc) is 3.43. The number of anilines is 1. The number of rotatable bonds is 4. The predicted octanol–water partition coefficient (Wildman–Crippen LogP) is 6.38. The monoisotopic (exact) mass is 478 g/mol. The Hall–Kier alpha value is -3.65. The van der Waals surface area contributed by atoms with Gasteiger partial charge in [0.1, 0.15) is 6.04 Å². The number of aryl methyl sites for hydroxylation is 1. The number of hydrogen-bond acceptors (Lipinski definition) is 2. The second-order valence-corrected chi connectivity index (χ2v) is 8.57. The first-order valence-corrected chi connectivity index (χ1v) is 11.2. The number of alkyl halides is 3. The van der Waals surface area contributed by atoms with Gasteiger partial charge in [-0.2, -0.15) is 13.2 Å². The molecule has 2 aromatic heterocycles. The number of thiocarbonyl (C=S) groups is 1. The van der Waals surface area contributed by atoms with Crippen LogP contribution in [-0.4, -0.2) is 14.7 Å². The zero-order chi connectivity index (χ0) is 23.9. The highest BCUT2D eigenvalue weighted by molar-refractivity contribution is 7.80. The van der Waals surface area contributed by atoms with Gasteiger partial charge in [0.25, 0.3) is 0 Å². The molecule has 3 heterocycles. The normalized spacial score (nSPS) is 18.2. The van der Waals surface area contributed by atoms with E-state index in [1.165, 1.54) is 6.07 Å². The van der Waals surface area contributed by atoms with E-state index in [0.29, 0.717) is 10.8 Å². The van der Waals surface area contributed by atoms with E-state index in [1.54, 1.807) is 23.0 Å². The summed E-state index contributed by atoms with van der Waals surface area (Å²) in [5, 5.41) is 3.92. The summed E-state index contributed by atoms with van der Waals surface area (Å²) in [4.78, 5) is 6.56. The summed E-state index contributed by atoms with van der Waals surface area (Å²) >= 11 is 5.75. The van der Waals surface area contributed by atoms with Gasteiger partial charge in [-0.25, -0.2) is 0 Å². The van der Waals surface area contributed by atoms with E-state index >= 15 is 0 Å². The quantitative estimate of drug-likeness (QED) is 0.345. The first-order chi connectivity index (χ1) is 16.3. The Morgan fingerprint density at radius 3 is 2.44 bits per heavy atom. The van der Waals surface area contributed by atoms with Gasteiger partial charge in [0.15, 0.2) is 5.11 Å². The number of benzene rings is 2. The summed E-state index contributed by atoms with van der Waals surface area (Å²) < 4.78 is 42.0. The molecule has 8 heteroatoms. The Morgan fingerprint density at radius 2 is 1.71 bits per heavy atom. The number of nitrogens with zero attached hydrogens (tertiary/aromatic N) is 3. The molecule has 34 heavy (non-hydrogen) atoms. The molecule has 2 atom stereocenters. The third-order valence-corrected chi connectivity index (χ3v) is 6.23. The Bertz CT molecular complexity index is 1330. The molecule has 0 saturated carbocycles. The third-order valence-electron chi connectivity index (χ3n) is 5.91. The topological polar surface area (TPSA) is 33.1 Å². The molecule has 172 valence electrons. The van der Waals surface area contributed by atoms with Gasteiger partial charge in [0.05, 0.1) is 17.3 Å². The Kier molecular flexibility index (Phi) is 5.61. The molecule has 1 aliphatic heterocycles. The van der Waals surface area contributed by atoms with Crippen molar-refractivity contribution in [2.45, 2.75) is 25.2 Å². The highest BCUT2D eigenvalue weighted by Crippen LogP contribution is 2.42. The molecule has 0 bridgehead atoms. The number of hydrogen-bond donors (Lipinski definition) is 1. The number of nitrogens with one attached hydrogen (secondary N) is 1. The largest absolute Gasteiger partial charge is 0.416 e. The molecule has 0 spiro atoms. The van der Waals surface area contributed by atoms with Crippen LogP contribution in [0.1, 0.15) is 34.6 Å². The minimum Gasteiger partial charge on any atom is -0.351 e. The Labute approximate surface area is 200 Å². The van der Waals surface area contributed by atoms with Crippen LogP contribution in [0, 0.1) is 6.92 Å². The number of halogens is 3. The summed E-state index contributed by atoms with van der Waals surface area (Å²) in [6.45, 7) is 2.01. The highest BCUT2D eigenvalue weighted by Gasteiger charge is 2.42. The predicted molar refractivity (Wildman–Crippen MR) is 130 cm³/mol. The molecular weight excluding hydrogens is 457 g/mol. The number of aromatic nitrogens is 2. The van der Waals surface area contributed by atoms with Crippen molar-refractivity contribution >= 4 is 23.0 Å². The van der Waals surface area contributed by atoms with Gasteiger partial charge in [0, 0.05) is 29.5 Å². The Morgan fingerprint density at radius 1 is 0.912 bits per heavy atom. The standard InChI is InChI=1S/C26H21F3N4S/c1-17-7-4-10-20(15-17)33-24(23(31-25(33)34)21-11-2-3-13-30-21)22-12-6-14-32(22)19-9-5-8-18(16-19)26(27,28)29/h2-16,23-24H,1H3,(H,31,34)/t23-,24+/m0/s1. The van der Waals surface area contributed by atoms with Crippen molar-refractivity contribution in [1.82, 2.24) is 14.9 Å². The molecule has 1 fully saturated rings. The summed E-state index contributed by atoms with van der Waals surface area (Å²) in [6, 6.07) is 22.1. The maximum Gasteiger partial charge on any atom is 0.416 e. The Balaban J connectivity index is 1.67. The van der Waals surface area contributed by atoms with Gasteiger partial charge < -0.3 is 14.8 Å². The summed E-state index contributed by atoms with van der Waals surface area (Å²) in [7, 11) is 0. The smallest absolute Gasteiger partial charge is 0.351 e. The van der Waals surface area contributed by atoms with Crippen LogP contribution in [0.25, 0.3) is 5.69 Å². The minimum atomic E-state index is -4.43. The number of pyridine rings is 1. The zero-order valence-corrected chi connectivity index (χ0v) is 19.0. The molecular formula is C26H21F3N4S. The lowest BCUT2D eigenvalue weighted by atomic mass is 10.0. The maximum atomic E-state index is 13.4. The average molecular weight is 479 g/mol. The fraction of sp³-hybridized carbons (Fsp3) is 0.154. The molecule has 1 aliphatic rings. The fourth-order valence-electron chi connectivity index (χ4n) is 4.41. The van der Waals surface area contributed by atoms with E-state index in [2.05, 4.69) is 10.3 Å². The maximum absolute atomic E-state index is 13.4. The summed E-state index contributed by atoms with van der Waals surface area (Å²) in [5.74, 6) is 0. The van der Waals surface area contributed by atoms with E-state index in [-0.39, 0.29) is 12.1 Å². The van der Waals surface area contributed by atoms with Crippen molar-refractivity contribution in [3.63, 3.8) is 0 Å². The van der Waals surface area contributed by atoms with Crippen LogP contribution in [0.4, 0.5) is 18.9 Å². The van der Waals surface area contributed by atoms with E-state index in [0.717, 1.165) is 34.8 Å². The third kappa shape index (κ3) is 4.05. The van der Waals surface area contributed by atoms with Gasteiger partial charge >= 0.3 is 6.18 Å².